The summed E-state index contributed by atoms with van der Waals surface area (Å²) < 4.78 is 25.7. The first-order chi connectivity index (χ1) is 61.6. The average Bonchev–Trinajstić information content (AvgIpc) is 1.17. The molecule has 13 aromatic carbocycles. The smallest absolute Gasteiger partial charge is 0.187 e. The van der Waals surface area contributed by atoms with Crippen molar-refractivity contribution in [1.29, 1.82) is 0 Å². The molecule has 684 valence electrons. The molecule has 6 heterocycles. The fraction of sp³-hybridized carbons (Fsp3) is 0.142. The molecule has 0 bridgehead atoms. The summed E-state index contributed by atoms with van der Waals surface area (Å²) in [5.74, 6) is 5.05. The van der Waals surface area contributed by atoms with Gasteiger partial charge in [-0.2, -0.15) is 0 Å². The zero-order chi connectivity index (χ0) is 89.4. The molecule has 0 fully saturated rings. The first kappa shape index (κ1) is 107. The van der Waals surface area contributed by atoms with Crippen LogP contribution < -0.4 is 0 Å². The van der Waals surface area contributed by atoms with Crippen LogP contribution in [-0.4, -0.2) is 57.3 Å². The zero-order valence-corrected chi connectivity index (χ0v) is 91.1. The van der Waals surface area contributed by atoms with Gasteiger partial charge in [0.25, 0.3) is 0 Å². The average molecular weight is 2810 g/mol. The zero-order valence-electron chi connectivity index (χ0n) is 76.7. The summed E-state index contributed by atoms with van der Waals surface area (Å²) in [6.45, 7) is 41.2. The first-order valence-electron chi connectivity index (χ1n) is 42.2. The largest absolute Gasteiger partial charge is 0.340 e. The van der Waals surface area contributed by atoms with Crippen LogP contribution in [0.3, 0.4) is 0 Å². The summed E-state index contributed by atoms with van der Waals surface area (Å²) in [6.07, 6.45) is 22.9. The predicted octanol–water partition coefficient (Wildman–Crippen LogP) is 27.3. The summed E-state index contributed by atoms with van der Waals surface area (Å²) >= 11 is 0. The molecule has 0 unspecified atom stereocenters. The van der Waals surface area contributed by atoms with Crippen LogP contribution in [0.25, 0.3) is 118 Å². The van der Waals surface area contributed by atoms with E-state index in [2.05, 4.69) is 312 Å². The van der Waals surface area contributed by atoms with Gasteiger partial charge in [0.2, 0.25) is 0 Å². The number of para-hydroxylation sites is 4. The minimum Gasteiger partial charge on any atom is -0.340 e. The molecular weight excluding hydrogens is 2710 g/mol. The maximum Gasteiger partial charge on any atom is 0.187 e. The Labute approximate surface area is 863 Å². The van der Waals surface area contributed by atoms with Crippen LogP contribution in [0.15, 0.2) is 317 Å². The van der Waals surface area contributed by atoms with E-state index in [0.29, 0.717) is 5.69 Å². The van der Waals surface area contributed by atoms with Crippen LogP contribution in [-0.2, 0) is 121 Å². The van der Waals surface area contributed by atoms with Gasteiger partial charge < -0.3 is 27.4 Å². The third-order valence-corrected chi connectivity index (χ3v) is 22.8. The standard InChI is InChI=1S/C23H19N2.C20H21N2.C18H14N3.C18H17N2.C17H14FN2.C17H15N2.6Ir/c1-17-8-6-9-18(2)22(17)25-15-14-24-23(25)21-13-7-12-20(16-21)19-10-4-3-5-11-19;1-13-14(2)16(4)19(17(5)15(13)3)22-12-11-21-20(22)18-9-7-6-8-10-18;1-13-11-16(19-3)12-14(2)17(13)21-10-9-20-18(21)15-7-5-4-6-8-15;1-13-7-9-16(10-8-13)18-19-11-12-20(18)17-14(2)5-4-6-15(17)3;1-12-4-3-5-13(2)16(12)20-11-10-19-17(20)14-6-8-15(18)9-7-14;1-13-7-6-8-14(2)16(13)19-12-11-18-17(19)15-9-4-3-5-10-15;;;;;;/h3-12,14-16H,1-2H3;6-9,11-12H,1-5H3;4-7,9-12H,1-2H3;4-9,11-12H,1-3H3;3-6,8-11H,1-2H3;3-9,11-12H,1-2H3;;;;;;/q6*-1;;;;;;. The Hall–Kier alpha value is -11.6. The van der Waals surface area contributed by atoms with Gasteiger partial charge in [-0.25, -0.2) is 4.85 Å². The first-order valence-corrected chi connectivity index (χ1v) is 42.2. The Balaban J connectivity index is 0.000000195. The van der Waals surface area contributed by atoms with Gasteiger partial charge in [0.05, 0.1) is 41.5 Å². The van der Waals surface area contributed by atoms with E-state index in [4.69, 9.17) is 6.57 Å². The molecule has 13 nitrogen and oxygen atoms in total. The number of imidazole rings is 6. The third kappa shape index (κ3) is 24.9. The summed E-state index contributed by atoms with van der Waals surface area (Å²) in [5, 5.41) is 0. The molecule has 133 heavy (non-hydrogen) atoms. The van der Waals surface area contributed by atoms with Gasteiger partial charge in [0.15, 0.2) is 5.69 Å². The molecule has 0 aliphatic heterocycles. The van der Waals surface area contributed by atoms with E-state index in [0.717, 1.165) is 90.8 Å². The second kappa shape index (κ2) is 50.0. The van der Waals surface area contributed by atoms with Crippen LogP contribution in [0, 0.1) is 160 Å². The third-order valence-electron chi connectivity index (χ3n) is 22.8. The van der Waals surface area contributed by atoms with E-state index in [-0.39, 0.29) is 126 Å². The molecular formula is C113H100FIr6N13-6. The fourth-order valence-electron chi connectivity index (χ4n) is 16.3. The maximum absolute atomic E-state index is 13.0. The van der Waals surface area contributed by atoms with Crippen LogP contribution in [0.2, 0.25) is 0 Å². The Morgan fingerprint density at radius 3 is 0.835 bits per heavy atom. The molecule has 6 aromatic heterocycles. The molecule has 0 saturated heterocycles. The van der Waals surface area contributed by atoms with Gasteiger partial charge in [0, 0.05) is 235 Å². The molecule has 20 heteroatoms. The van der Waals surface area contributed by atoms with E-state index >= 15 is 0 Å². The van der Waals surface area contributed by atoms with Crippen molar-refractivity contribution >= 4 is 5.69 Å². The van der Waals surface area contributed by atoms with Gasteiger partial charge in [0.1, 0.15) is 0 Å². The topological polar surface area (TPSA) is 111 Å². The summed E-state index contributed by atoms with van der Waals surface area (Å²) in [4.78, 5) is 30.5. The van der Waals surface area contributed by atoms with Crippen molar-refractivity contribution in [3.8, 4) is 114 Å². The van der Waals surface area contributed by atoms with Gasteiger partial charge in [-0.1, -0.05) is 122 Å². The number of aryl methyl sites for hydroxylation is 11. The van der Waals surface area contributed by atoms with E-state index in [9.17, 15) is 4.39 Å². The molecule has 6 radical (unpaired) electrons. The molecule has 19 rings (SSSR count). The van der Waals surface area contributed by atoms with E-state index in [1.807, 2.05) is 184 Å². The fourth-order valence-corrected chi connectivity index (χ4v) is 16.3. The summed E-state index contributed by atoms with van der Waals surface area (Å²) in [6, 6.07) is 99.3. The van der Waals surface area contributed by atoms with Crippen molar-refractivity contribution in [2.75, 3.05) is 0 Å². The van der Waals surface area contributed by atoms with E-state index < -0.39 is 0 Å². The van der Waals surface area contributed by atoms with Gasteiger partial charge in [-0.15, -0.1) is 208 Å². The van der Waals surface area contributed by atoms with Crippen molar-refractivity contribution < 1.29 is 125 Å². The SMILES string of the molecule is Cc1c(C)c(C)c(-n2ccnc2-c2[c-]cccc2)c(C)c1C.Cc1c[c-]c(-c2nccn2-c2c(C)cccc2C)cc1.Cc1cccc(C)c1-n1ccnc1-c1[c-]cc(F)cc1.Cc1cccc(C)c1-n1ccnc1-c1[c-]ccc(-c2ccccc2)c1.Cc1cccc(C)c1-n1ccnc1-c1[c-]cccc1.[C-]#[N+]c1cc(C)c(-n2ccnc2-c2[c-]cccc2)c(C)c1.[Ir].[Ir].[Ir].[Ir].[Ir].[Ir]. The molecule has 0 amide bonds. The van der Waals surface area contributed by atoms with Crippen LogP contribution >= 0.6 is 0 Å². The number of rotatable bonds is 13. The number of hydrogen-bond donors (Lipinski definition) is 0. The van der Waals surface area contributed by atoms with Crippen molar-refractivity contribution in [2.45, 2.75) is 111 Å². The van der Waals surface area contributed by atoms with Crippen LogP contribution in [0.5, 0.6) is 0 Å². The van der Waals surface area contributed by atoms with Crippen molar-refractivity contribution in [1.82, 2.24) is 57.3 Å². The second-order valence-electron chi connectivity index (χ2n) is 31.6. The van der Waals surface area contributed by atoms with Crippen molar-refractivity contribution in [3.63, 3.8) is 0 Å². The number of benzene rings is 13. The molecule has 0 aliphatic carbocycles. The van der Waals surface area contributed by atoms with Crippen LogP contribution in [0.4, 0.5) is 10.1 Å². The summed E-state index contributed by atoms with van der Waals surface area (Å²) in [5.41, 5.74) is 35.7. The molecule has 0 N–H and O–H groups in total. The number of hydrogen-bond acceptors (Lipinski definition) is 6. The monoisotopic (exact) mass is 2820 g/mol. The number of halogens is 1. The molecule has 0 aliphatic rings. The molecule has 0 spiro atoms. The number of nitrogens with zero attached hydrogens (tertiary/aromatic N) is 13. The van der Waals surface area contributed by atoms with Crippen molar-refractivity contribution in [2.24, 2.45) is 0 Å². The molecule has 0 saturated carbocycles. The normalized spacial score (nSPS) is 10.2. The number of aromatic nitrogens is 12. The minimum absolute atomic E-state index is 0. The Morgan fingerprint density at radius 2 is 0.534 bits per heavy atom. The minimum atomic E-state index is -0.293. The van der Waals surface area contributed by atoms with E-state index in [1.165, 1.54) is 124 Å². The van der Waals surface area contributed by atoms with Gasteiger partial charge >= 0.3 is 0 Å². The van der Waals surface area contributed by atoms with Gasteiger partial charge in [-0.05, 0) is 193 Å². The molecule has 0 atom stereocenters. The maximum atomic E-state index is 13.0. The summed E-state index contributed by atoms with van der Waals surface area (Å²) in [7, 11) is 0. The second-order valence-corrected chi connectivity index (χ2v) is 31.6. The Kier molecular flexibility index (Phi) is 40.1. The van der Waals surface area contributed by atoms with Crippen molar-refractivity contribution in [3.05, 3.63) is 460 Å². The van der Waals surface area contributed by atoms with Crippen LogP contribution in [0.1, 0.15) is 89.0 Å². The molecule has 19 aromatic rings. The Bertz CT molecular complexity index is 6780. The van der Waals surface area contributed by atoms with Gasteiger partial charge in [-0.3, -0.25) is 34.3 Å². The van der Waals surface area contributed by atoms with E-state index in [1.54, 1.807) is 18.5 Å². The quantitative estimate of drug-likeness (QED) is 0.106. The predicted molar refractivity (Wildman–Crippen MR) is 514 cm³/mol. The Morgan fingerprint density at radius 1 is 0.248 bits per heavy atom.